The number of hydrogen-bond donors (Lipinski definition) is 1. The Labute approximate surface area is 133 Å². The summed E-state index contributed by atoms with van der Waals surface area (Å²) in [5, 5.41) is 5.42. The molecule has 116 valence electrons. The van der Waals surface area contributed by atoms with Crippen LogP contribution in [0.1, 0.15) is 23.2 Å². The van der Waals surface area contributed by atoms with Gasteiger partial charge in [-0.05, 0) is 32.9 Å². The number of amides is 1. The van der Waals surface area contributed by atoms with Crippen molar-refractivity contribution in [3.8, 4) is 0 Å². The van der Waals surface area contributed by atoms with Crippen LogP contribution in [0.15, 0.2) is 29.6 Å². The summed E-state index contributed by atoms with van der Waals surface area (Å²) in [4.78, 5) is 28.0. The predicted molar refractivity (Wildman–Crippen MR) is 85.9 cm³/mol. The van der Waals surface area contributed by atoms with Crippen LogP contribution in [0.3, 0.4) is 0 Å². The molecule has 0 fully saturated rings. The molecule has 1 atom stereocenters. The summed E-state index contributed by atoms with van der Waals surface area (Å²) in [6.45, 7) is 5.39. The molecule has 0 saturated carbocycles. The van der Waals surface area contributed by atoms with E-state index < -0.39 is 12.1 Å². The molecule has 0 bridgehead atoms. The van der Waals surface area contributed by atoms with Crippen molar-refractivity contribution >= 4 is 28.9 Å². The van der Waals surface area contributed by atoms with E-state index in [9.17, 15) is 9.59 Å². The lowest BCUT2D eigenvalue weighted by atomic mass is 10.2. The topological polar surface area (TPSA) is 68.3 Å². The van der Waals surface area contributed by atoms with Gasteiger partial charge in [-0.3, -0.25) is 9.59 Å². The van der Waals surface area contributed by atoms with Gasteiger partial charge in [0.25, 0.3) is 5.91 Å². The van der Waals surface area contributed by atoms with Gasteiger partial charge in [0.15, 0.2) is 6.10 Å². The maximum absolute atomic E-state index is 12.0. The first-order valence-corrected chi connectivity index (χ1v) is 7.80. The first-order chi connectivity index (χ1) is 10.4. The minimum atomic E-state index is -0.853. The predicted octanol–water partition coefficient (Wildman–Crippen LogP) is 2.87. The van der Waals surface area contributed by atoms with Crippen molar-refractivity contribution in [2.45, 2.75) is 33.3 Å². The number of anilines is 1. The highest BCUT2D eigenvalue weighted by atomic mass is 32.1. The van der Waals surface area contributed by atoms with E-state index >= 15 is 0 Å². The average molecular weight is 318 g/mol. The number of nitrogens with zero attached hydrogens (tertiary/aromatic N) is 1. The second kappa shape index (κ2) is 7.17. The molecule has 1 heterocycles. The zero-order chi connectivity index (χ0) is 16.1. The SMILES string of the molecule is Cc1ccc(NC(=O)[C@@H](C)OC(=O)Cc2csc(C)n2)cc1. The number of benzene rings is 1. The van der Waals surface area contributed by atoms with Crippen LogP contribution < -0.4 is 5.32 Å². The van der Waals surface area contributed by atoms with Gasteiger partial charge in [0.2, 0.25) is 0 Å². The second-order valence-electron chi connectivity index (χ2n) is 5.02. The third-order valence-corrected chi connectivity index (χ3v) is 3.81. The normalized spacial score (nSPS) is 11.8. The lowest BCUT2D eigenvalue weighted by Gasteiger charge is -2.13. The van der Waals surface area contributed by atoms with Crippen LogP contribution in [-0.4, -0.2) is 23.0 Å². The van der Waals surface area contributed by atoms with E-state index in [0.29, 0.717) is 11.4 Å². The standard InChI is InChI=1S/C16H18N2O3S/c1-10-4-6-13(7-5-10)18-16(20)11(2)21-15(19)8-14-9-22-12(3)17-14/h4-7,9,11H,8H2,1-3H3,(H,18,20)/t11-/m1/s1. The summed E-state index contributed by atoms with van der Waals surface area (Å²) < 4.78 is 5.13. The molecule has 2 rings (SSSR count). The average Bonchev–Trinajstić information content (AvgIpc) is 2.86. The first kappa shape index (κ1) is 16.2. The van der Waals surface area contributed by atoms with Gasteiger partial charge < -0.3 is 10.1 Å². The van der Waals surface area contributed by atoms with Crippen LogP contribution in [0.2, 0.25) is 0 Å². The lowest BCUT2D eigenvalue weighted by Crippen LogP contribution is -2.30. The van der Waals surface area contributed by atoms with E-state index in [2.05, 4.69) is 10.3 Å². The van der Waals surface area contributed by atoms with Crippen LogP contribution in [0.25, 0.3) is 0 Å². The van der Waals surface area contributed by atoms with Gasteiger partial charge in [0, 0.05) is 11.1 Å². The number of rotatable bonds is 5. The van der Waals surface area contributed by atoms with Gasteiger partial charge in [0.05, 0.1) is 17.1 Å². The minimum absolute atomic E-state index is 0.0759. The quantitative estimate of drug-likeness (QED) is 0.861. The van der Waals surface area contributed by atoms with Gasteiger partial charge >= 0.3 is 5.97 Å². The molecule has 6 heteroatoms. The summed E-state index contributed by atoms with van der Waals surface area (Å²) in [7, 11) is 0. The number of aryl methyl sites for hydroxylation is 2. The summed E-state index contributed by atoms with van der Waals surface area (Å²) in [5.41, 5.74) is 2.45. The number of hydrogen-bond acceptors (Lipinski definition) is 5. The monoisotopic (exact) mass is 318 g/mol. The first-order valence-electron chi connectivity index (χ1n) is 6.92. The molecule has 22 heavy (non-hydrogen) atoms. The Morgan fingerprint density at radius 1 is 1.27 bits per heavy atom. The summed E-state index contributed by atoms with van der Waals surface area (Å²) in [6, 6.07) is 7.41. The van der Waals surface area contributed by atoms with E-state index in [1.807, 2.05) is 31.4 Å². The third-order valence-electron chi connectivity index (χ3n) is 2.99. The fraction of sp³-hybridized carbons (Fsp3) is 0.312. The van der Waals surface area contributed by atoms with E-state index in [-0.39, 0.29) is 12.3 Å². The van der Waals surface area contributed by atoms with Crippen LogP contribution in [-0.2, 0) is 20.7 Å². The Bertz CT molecular complexity index is 664. The van der Waals surface area contributed by atoms with Crippen molar-refractivity contribution in [3.63, 3.8) is 0 Å². The summed E-state index contributed by atoms with van der Waals surface area (Å²) in [6.07, 6.45) is -0.777. The van der Waals surface area contributed by atoms with Gasteiger partial charge in [-0.1, -0.05) is 17.7 Å². The number of aromatic nitrogens is 1. The molecular formula is C16H18N2O3S. The van der Waals surface area contributed by atoms with Crippen LogP contribution in [0, 0.1) is 13.8 Å². The van der Waals surface area contributed by atoms with Gasteiger partial charge in [-0.2, -0.15) is 0 Å². The molecule has 0 radical (unpaired) electrons. The number of thiazole rings is 1. The largest absolute Gasteiger partial charge is 0.452 e. The number of nitrogens with one attached hydrogen (secondary N) is 1. The van der Waals surface area contributed by atoms with Gasteiger partial charge in [-0.25, -0.2) is 4.98 Å². The molecule has 5 nitrogen and oxygen atoms in total. The van der Waals surface area contributed by atoms with Crippen molar-refractivity contribution in [2.75, 3.05) is 5.32 Å². The highest BCUT2D eigenvalue weighted by Crippen LogP contribution is 2.11. The molecule has 0 aliphatic rings. The molecule has 1 aromatic carbocycles. The Morgan fingerprint density at radius 3 is 2.55 bits per heavy atom. The highest BCUT2D eigenvalue weighted by Gasteiger charge is 2.18. The molecule has 2 aromatic rings. The van der Waals surface area contributed by atoms with E-state index in [1.54, 1.807) is 19.1 Å². The Morgan fingerprint density at radius 2 is 1.95 bits per heavy atom. The molecule has 1 aromatic heterocycles. The van der Waals surface area contributed by atoms with Gasteiger partial charge in [0.1, 0.15) is 0 Å². The third kappa shape index (κ3) is 4.66. The van der Waals surface area contributed by atoms with Crippen molar-refractivity contribution in [1.29, 1.82) is 0 Å². The van der Waals surface area contributed by atoms with E-state index in [0.717, 1.165) is 10.6 Å². The fourth-order valence-electron chi connectivity index (χ4n) is 1.81. The van der Waals surface area contributed by atoms with Crippen molar-refractivity contribution < 1.29 is 14.3 Å². The number of esters is 1. The van der Waals surface area contributed by atoms with Gasteiger partial charge in [-0.15, -0.1) is 11.3 Å². The maximum atomic E-state index is 12.0. The van der Waals surface area contributed by atoms with E-state index in [1.165, 1.54) is 11.3 Å². The molecule has 1 amide bonds. The molecule has 0 aliphatic carbocycles. The second-order valence-corrected chi connectivity index (χ2v) is 6.08. The van der Waals surface area contributed by atoms with Crippen LogP contribution in [0.5, 0.6) is 0 Å². The zero-order valence-corrected chi connectivity index (χ0v) is 13.6. The molecule has 0 saturated heterocycles. The van der Waals surface area contributed by atoms with Crippen LogP contribution in [0.4, 0.5) is 5.69 Å². The molecule has 1 N–H and O–H groups in total. The number of carbonyl (C=O) groups excluding carboxylic acids is 2. The minimum Gasteiger partial charge on any atom is -0.452 e. The van der Waals surface area contributed by atoms with Crippen LogP contribution >= 0.6 is 11.3 Å². The highest BCUT2D eigenvalue weighted by molar-refractivity contribution is 7.09. The maximum Gasteiger partial charge on any atom is 0.312 e. The Balaban J connectivity index is 1.85. The van der Waals surface area contributed by atoms with Crippen molar-refractivity contribution in [1.82, 2.24) is 4.98 Å². The smallest absolute Gasteiger partial charge is 0.312 e. The lowest BCUT2D eigenvalue weighted by molar-refractivity contribution is -0.152. The summed E-state index contributed by atoms with van der Waals surface area (Å²) >= 11 is 1.48. The summed E-state index contributed by atoms with van der Waals surface area (Å²) in [5.74, 6) is -0.816. The van der Waals surface area contributed by atoms with E-state index in [4.69, 9.17) is 4.74 Å². The molecule has 0 aliphatic heterocycles. The molecule has 0 spiro atoms. The molecule has 0 unspecified atom stereocenters. The number of ether oxygens (including phenoxy) is 1. The Kier molecular flexibility index (Phi) is 5.27. The molecular weight excluding hydrogens is 300 g/mol. The zero-order valence-electron chi connectivity index (χ0n) is 12.8. The number of carbonyl (C=O) groups is 2. The fourth-order valence-corrected chi connectivity index (χ4v) is 2.42. The Hall–Kier alpha value is -2.21. The van der Waals surface area contributed by atoms with Crippen molar-refractivity contribution in [3.05, 3.63) is 45.9 Å². The van der Waals surface area contributed by atoms with Crippen molar-refractivity contribution in [2.24, 2.45) is 0 Å².